The molecular weight excluding hydrogens is 279 g/mol. The van der Waals surface area contributed by atoms with Crippen LogP contribution in [0.25, 0.3) is 0 Å². The van der Waals surface area contributed by atoms with Gasteiger partial charge in [0.25, 0.3) is 0 Å². The molecular formula is C11H18F3N3OS. The number of halogens is 3. The summed E-state index contributed by atoms with van der Waals surface area (Å²) in [7, 11) is 0. The molecule has 2 N–H and O–H groups in total. The number of amides is 1. The largest absolute Gasteiger partial charge is 0.397 e. The summed E-state index contributed by atoms with van der Waals surface area (Å²) in [6, 6.07) is -0.0464. The summed E-state index contributed by atoms with van der Waals surface area (Å²) in [5, 5.41) is 0. The summed E-state index contributed by atoms with van der Waals surface area (Å²) in [6.45, 7) is 3.52. The lowest BCUT2D eigenvalue weighted by atomic mass is 10.1. The molecule has 0 aromatic rings. The molecule has 1 amide bonds. The zero-order valence-electron chi connectivity index (χ0n) is 10.7. The first-order valence-corrected chi connectivity index (χ1v) is 6.53. The number of carbonyl (C=O) groups is 1. The number of thiocarbonyl (C=S) groups is 1. The van der Waals surface area contributed by atoms with E-state index in [4.69, 9.17) is 18.0 Å². The van der Waals surface area contributed by atoms with Crippen molar-refractivity contribution in [3.63, 3.8) is 0 Å². The number of nitrogens with zero attached hydrogens (tertiary/aromatic N) is 2. The van der Waals surface area contributed by atoms with E-state index in [-0.39, 0.29) is 19.1 Å². The molecule has 4 nitrogen and oxygen atoms in total. The van der Waals surface area contributed by atoms with Crippen LogP contribution in [-0.2, 0) is 4.79 Å². The smallest absolute Gasteiger partial charge is 0.392 e. The van der Waals surface area contributed by atoms with Crippen molar-refractivity contribution in [1.82, 2.24) is 9.80 Å². The van der Waals surface area contributed by atoms with Crippen LogP contribution in [-0.4, -0.2) is 59.1 Å². The van der Waals surface area contributed by atoms with Gasteiger partial charge in [-0.2, -0.15) is 13.2 Å². The molecule has 1 unspecified atom stereocenters. The van der Waals surface area contributed by atoms with Gasteiger partial charge in [-0.05, 0) is 6.42 Å². The van der Waals surface area contributed by atoms with Crippen LogP contribution >= 0.6 is 12.2 Å². The summed E-state index contributed by atoms with van der Waals surface area (Å²) >= 11 is 4.96. The van der Waals surface area contributed by atoms with Crippen LogP contribution in [0.2, 0.25) is 0 Å². The lowest BCUT2D eigenvalue weighted by Crippen LogP contribution is -2.55. The van der Waals surface area contributed by atoms with E-state index in [1.165, 1.54) is 4.90 Å². The predicted octanol–water partition coefficient (Wildman–Crippen LogP) is 1.15. The van der Waals surface area contributed by atoms with Gasteiger partial charge in [0.1, 0.15) is 6.42 Å². The second-order valence-electron chi connectivity index (χ2n) is 4.54. The fourth-order valence-corrected chi connectivity index (χ4v) is 2.52. The predicted molar refractivity (Wildman–Crippen MR) is 69.7 cm³/mol. The molecule has 0 aliphatic carbocycles. The van der Waals surface area contributed by atoms with Crippen LogP contribution in [0, 0.1) is 0 Å². The van der Waals surface area contributed by atoms with Crippen LogP contribution in [0.1, 0.15) is 19.8 Å². The van der Waals surface area contributed by atoms with Crippen LogP contribution < -0.4 is 5.73 Å². The number of hydrogen-bond donors (Lipinski definition) is 1. The average Bonchev–Trinajstić information content (AvgIpc) is 2.28. The molecule has 0 saturated carbocycles. The van der Waals surface area contributed by atoms with Crippen molar-refractivity contribution in [2.24, 2.45) is 5.73 Å². The Labute approximate surface area is 115 Å². The number of nitrogens with two attached hydrogens (primary N) is 1. The molecule has 1 saturated heterocycles. The molecule has 19 heavy (non-hydrogen) atoms. The van der Waals surface area contributed by atoms with E-state index in [1.54, 1.807) is 0 Å². The molecule has 1 fully saturated rings. The lowest BCUT2D eigenvalue weighted by Gasteiger charge is -2.38. The maximum Gasteiger partial charge on any atom is 0.397 e. The first kappa shape index (κ1) is 16.2. The van der Waals surface area contributed by atoms with E-state index in [0.717, 1.165) is 6.42 Å². The van der Waals surface area contributed by atoms with Gasteiger partial charge in [0.05, 0.1) is 11.0 Å². The van der Waals surface area contributed by atoms with Gasteiger partial charge in [0, 0.05) is 26.2 Å². The van der Waals surface area contributed by atoms with Crippen molar-refractivity contribution in [3.05, 3.63) is 0 Å². The van der Waals surface area contributed by atoms with Gasteiger partial charge in [-0.25, -0.2) is 0 Å². The van der Waals surface area contributed by atoms with Crippen molar-refractivity contribution in [2.45, 2.75) is 32.0 Å². The Bertz CT molecular complexity index is 341. The minimum Gasteiger partial charge on any atom is -0.392 e. The maximum absolute atomic E-state index is 12.1. The Hall–Kier alpha value is -0.890. The highest BCUT2D eigenvalue weighted by Crippen LogP contribution is 2.21. The second-order valence-corrected chi connectivity index (χ2v) is 5.01. The van der Waals surface area contributed by atoms with Gasteiger partial charge >= 0.3 is 6.18 Å². The van der Waals surface area contributed by atoms with Crippen LogP contribution in [0.3, 0.4) is 0 Å². The third-order valence-electron chi connectivity index (χ3n) is 3.17. The summed E-state index contributed by atoms with van der Waals surface area (Å²) in [5.41, 5.74) is 5.62. The van der Waals surface area contributed by atoms with E-state index in [9.17, 15) is 18.0 Å². The highest BCUT2D eigenvalue weighted by Gasteiger charge is 2.35. The van der Waals surface area contributed by atoms with E-state index in [2.05, 4.69) is 0 Å². The molecule has 1 rings (SSSR count). The van der Waals surface area contributed by atoms with Crippen molar-refractivity contribution < 1.29 is 18.0 Å². The van der Waals surface area contributed by atoms with Gasteiger partial charge in [-0.1, -0.05) is 19.1 Å². The first-order valence-electron chi connectivity index (χ1n) is 6.12. The van der Waals surface area contributed by atoms with Crippen molar-refractivity contribution >= 4 is 23.1 Å². The Balaban J connectivity index is 2.49. The van der Waals surface area contributed by atoms with Gasteiger partial charge in [0.15, 0.2) is 0 Å². The first-order chi connectivity index (χ1) is 8.74. The molecule has 0 aromatic heterocycles. The van der Waals surface area contributed by atoms with Gasteiger partial charge in [-0.3, -0.25) is 9.69 Å². The molecule has 0 radical (unpaired) electrons. The highest BCUT2D eigenvalue weighted by molar-refractivity contribution is 7.80. The van der Waals surface area contributed by atoms with Gasteiger partial charge in [-0.15, -0.1) is 0 Å². The van der Waals surface area contributed by atoms with E-state index in [0.29, 0.717) is 18.1 Å². The Morgan fingerprint density at radius 3 is 2.21 bits per heavy atom. The average molecular weight is 297 g/mol. The molecule has 8 heteroatoms. The topological polar surface area (TPSA) is 49.6 Å². The lowest BCUT2D eigenvalue weighted by molar-refractivity contribution is -0.162. The second kappa shape index (κ2) is 6.51. The minimum absolute atomic E-state index is 0.0464. The standard InChI is InChI=1S/C11H18F3N3OS/c1-2-8(10(15)19)16-3-5-17(6-4-16)9(18)7-11(12,13)14/h8H,2-7H2,1H3,(H2,15,19). The maximum atomic E-state index is 12.1. The van der Waals surface area contributed by atoms with Crippen LogP contribution in [0.15, 0.2) is 0 Å². The number of hydrogen-bond acceptors (Lipinski definition) is 3. The molecule has 0 aromatic carbocycles. The molecule has 1 atom stereocenters. The summed E-state index contributed by atoms with van der Waals surface area (Å²) in [6.07, 6.45) is -5.08. The molecule has 1 heterocycles. The number of alkyl halides is 3. The zero-order chi connectivity index (χ0) is 14.6. The fraction of sp³-hybridized carbons (Fsp3) is 0.818. The van der Waals surface area contributed by atoms with Gasteiger partial charge in [0.2, 0.25) is 5.91 Å². The quantitative estimate of drug-likeness (QED) is 0.791. The zero-order valence-corrected chi connectivity index (χ0v) is 11.6. The third-order valence-corrected chi connectivity index (χ3v) is 3.45. The van der Waals surface area contributed by atoms with E-state index >= 15 is 0 Å². The highest BCUT2D eigenvalue weighted by atomic mass is 32.1. The Kier molecular flexibility index (Phi) is 5.54. The number of piperazine rings is 1. The number of rotatable bonds is 4. The number of carbonyl (C=O) groups excluding carboxylic acids is 1. The molecule has 1 aliphatic heterocycles. The summed E-state index contributed by atoms with van der Waals surface area (Å²) in [5.74, 6) is -0.865. The summed E-state index contributed by atoms with van der Waals surface area (Å²) in [4.78, 5) is 15.1. The molecule has 0 bridgehead atoms. The fourth-order valence-electron chi connectivity index (χ4n) is 2.21. The van der Waals surface area contributed by atoms with E-state index < -0.39 is 18.5 Å². The SMILES string of the molecule is CCC(C(N)=S)N1CCN(C(=O)CC(F)(F)F)CC1. The minimum atomic E-state index is -4.45. The monoisotopic (exact) mass is 297 g/mol. The van der Waals surface area contributed by atoms with Crippen molar-refractivity contribution in [3.8, 4) is 0 Å². The van der Waals surface area contributed by atoms with Gasteiger partial charge < -0.3 is 10.6 Å². The molecule has 0 spiro atoms. The van der Waals surface area contributed by atoms with Crippen molar-refractivity contribution in [2.75, 3.05) is 26.2 Å². The van der Waals surface area contributed by atoms with Crippen LogP contribution in [0.5, 0.6) is 0 Å². The third kappa shape index (κ3) is 4.94. The van der Waals surface area contributed by atoms with E-state index in [1.807, 2.05) is 11.8 Å². The normalized spacial score (nSPS) is 19.3. The molecule has 1 aliphatic rings. The van der Waals surface area contributed by atoms with Crippen molar-refractivity contribution in [1.29, 1.82) is 0 Å². The Morgan fingerprint density at radius 2 is 1.84 bits per heavy atom. The van der Waals surface area contributed by atoms with Crippen LogP contribution in [0.4, 0.5) is 13.2 Å². The summed E-state index contributed by atoms with van der Waals surface area (Å²) < 4.78 is 36.4. The Morgan fingerprint density at radius 1 is 1.32 bits per heavy atom. The molecule has 110 valence electrons.